The molecule has 0 aliphatic carbocycles. The average Bonchev–Trinajstić information content (AvgIpc) is 2.42. The Morgan fingerprint density at radius 2 is 2.05 bits per heavy atom. The number of pyridine rings is 1. The molecule has 8 heteroatoms. The molecule has 0 radical (unpaired) electrons. The molecule has 2 aromatic rings. The molecule has 6 nitrogen and oxygen atoms in total. The molecular weight excluding hydrogens is 344 g/mol. The molecule has 1 heterocycles. The number of rotatable bonds is 4. The van der Waals surface area contributed by atoms with E-state index in [0.717, 1.165) is 10.0 Å². The van der Waals surface area contributed by atoms with Gasteiger partial charge in [-0.15, -0.1) is 0 Å². The molecule has 0 amide bonds. The van der Waals surface area contributed by atoms with Crippen molar-refractivity contribution in [2.24, 2.45) is 5.84 Å². The van der Waals surface area contributed by atoms with Crippen molar-refractivity contribution < 1.29 is 8.42 Å². The summed E-state index contributed by atoms with van der Waals surface area (Å²) in [4.78, 5) is 3.79. The molecule has 0 aliphatic rings. The van der Waals surface area contributed by atoms with Crippen molar-refractivity contribution in [3.05, 3.63) is 46.7 Å². The highest BCUT2D eigenvalue weighted by molar-refractivity contribution is 9.10. The number of benzene rings is 1. The van der Waals surface area contributed by atoms with Gasteiger partial charge in [0.1, 0.15) is 4.90 Å². The maximum Gasteiger partial charge on any atom is 0.265 e. The number of hydrogen-bond acceptors (Lipinski definition) is 5. The minimum Gasteiger partial charge on any atom is -0.323 e. The molecule has 0 saturated heterocycles. The highest BCUT2D eigenvalue weighted by Gasteiger charge is 2.18. The zero-order chi connectivity index (χ0) is 14.8. The Hall–Kier alpha value is -1.64. The lowest BCUT2D eigenvalue weighted by atomic mass is 10.2. The van der Waals surface area contributed by atoms with Crippen LogP contribution in [0.4, 0.5) is 11.4 Å². The summed E-state index contributed by atoms with van der Waals surface area (Å²) in [5.74, 6) is 5.31. The van der Waals surface area contributed by atoms with Crippen LogP contribution in [-0.2, 0) is 10.0 Å². The standard InChI is InChI=1S/C12H13BrN4O2S/c1-8-2-3-9(6-10(8)13)17-20(18,19)12-7-15-5-4-11(12)16-14/h2-7,17H,14H2,1H3,(H,15,16). The second-order valence-electron chi connectivity index (χ2n) is 4.09. The van der Waals surface area contributed by atoms with Crippen LogP contribution >= 0.6 is 15.9 Å². The normalized spacial score (nSPS) is 11.2. The molecule has 1 aromatic carbocycles. The van der Waals surface area contributed by atoms with E-state index in [1.807, 2.05) is 13.0 Å². The molecule has 0 saturated carbocycles. The quantitative estimate of drug-likeness (QED) is 0.576. The zero-order valence-electron chi connectivity index (χ0n) is 10.6. The van der Waals surface area contributed by atoms with E-state index < -0.39 is 10.0 Å². The van der Waals surface area contributed by atoms with Crippen molar-refractivity contribution in [3.63, 3.8) is 0 Å². The van der Waals surface area contributed by atoms with Gasteiger partial charge in [-0.1, -0.05) is 22.0 Å². The van der Waals surface area contributed by atoms with Crippen molar-refractivity contribution in [1.29, 1.82) is 0 Å². The van der Waals surface area contributed by atoms with E-state index in [1.165, 1.54) is 18.5 Å². The third kappa shape index (κ3) is 3.09. The molecule has 1 aromatic heterocycles. The Bertz CT molecular complexity index is 734. The number of hydrogen-bond donors (Lipinski definition) is 3. The number of aryl methyl sites for hydroxylation is 1. The second-order valence-corrected chi connectivity index (χ2v) is 6.59. The van der Waals surface area contributed by atoms with Crippen molar-refractivity contribution in [2.45, 2.75) is 11.8 Å². The lowest BCUT2D eigenvalue weighted by Gasteiger charge is -2.12. The van der Waals surface area contributed by atoms with Crippen LogP contribution in [0, 0.1) is 6.92 Å². The van der Waals surface area contributed by atoms with Gasteiger partial charge in [0.25, 0.3) is 10.0 Å². The zero-order valence-corrected chi connectivity index (χ0v) is 13.0. The highest BCUT2D eigenvalue weighted by Crippen LogP contribution is 2.25. The third-order valence-corrected chi connectivity index (χ3v) is 4.92. The van der Waals surface area contributed by atoms with Gasteiger partial charge < -0.3 is 5.43 Å². The number of nitrogen functional groups attached to an aromatic ring is 1. The fraction of sp³-hybridized carbons (Fsp3) is 0.0833. The van der Waals surface area contributed by atoms with Gasteiger partial charge in [0, 0.05) is 22.6 Å². The van der Waals surface area contributed by atoms with Gasteiger partial charge in [-0.05, 0) is 30.7 Å². The van der Waals surface area contributed by atoms with E-state index in [0.29, 0.717) is 5.69 Å². The maximum atomic E-state index is 12.3. The van der Waals surface area contributed by atoms with Gasteiger partial charge in [-0.2, -0.15) is 0 Å². The van der Waals surface area contributed by atoms with E-state index in [4.69, 9.17) is 5.84 Å². The fourth-order valence-corrected chi connectivity index (χ4v) is 3.12. The lowest BCUT2D eigenvalue weighted by Crippen LogP contribution is -2.17. The van der Waals surface area contributed by atoms with Crippen LogP contribution in [0.15, 0.2) is 46.0 Å². The van der Waals surface area contributed by atoms with Gasteiger partial charge in [0.15, 0.2) is 0 Å². The Morgan fingerprint density at radius 1 is 1.30 bits per heavy atom. The first-order valence-electron chi connectivity index (χ1n) is 5.63. The van der Waals surface area contributed by atoms with Gasteiger partial charge in [0.05, 0.1) is 5.69 Å². The monoisotopic (exact) mass is 356 g/mol. The van der Waals surface area contributed by atoms with E-state index >= 15 is 0 Å². The molecule has 0 fully saturated rings. The van der Waals surface area contributed by atoms with E-state index in [2.05, 4.69) is 31.1 Å². The number of hydrazine groups is 1. The second kappa shape index (κ2) is 5.78. The number of nitrogens with one attached hydrogen (secondary N) is 2. The van der Waals surface area contributed by atoms with Crippen LogP contribution in [0.1, 0.15) is 5.56 Å². The maximum absolute atomic E-state index is 12.3. The summed E-state index contributed by atoms with van der Waals surface area (Å²) in [5, 5.41) is 0. The molecule has 0 unspecified atom stereocenters. The Labute approximate surface area is 125 Å². The van der Waals surface area contributed by atoms with Gasteiger partial charge in [-0.25, -0.2) is 8.42 Å². The van der Waals surface area contributed by atoms with Crippen molar-refractivity contribution >= 4 is 37.3 Å². The first kappa shape index (κ1) is 14.8. The molecule has 0 aliphatic heterocycles. The Balaban J connectivity index is 2.38. The molecule has 4 N–H and O–H groups in total. The van der Waals surface area contributed by atoms with Gasteiger partial charge >= 0.3 is 0 Å². The molecule has 106 valence electrons. The highest BCUT2D eigenvalue weighted by atomic mass is 79.9. The Kier molecular flexibility index (Phi) is 4.26. The lowest BCUT2D eigenvalue weighted by molar-refractivity contribution is 0.601. The number of anilines is 2. The van der Waals surface area contributed by atoms with Gasteiger partial charge in [-0.3, -0.25) is 15.5 Å². The Morgan fingerprint density at radius 3 is 2.70 bits per heavy atom. The number of aromatic nitrogens is 1. The predicted molar refractivity (Wildman–Crippen MR) is 81.7 cm³/mol. The number of halogens is 1. The van der Waals surface area contributed by atoms with Crippen LogP contribution in [-0.4, -0.2) is 13.4 Å². The molecule has 0 atom stereocenters. The minimum atomic E-state index is -3.76. The minimum absolute atomic E-state index is 0.0146. The summed E-state index contributed by atoms with van der Waals surface area (Å²) in [5.41, 5.74) is 4.08. The van der Waals surface area contributed by atoms with Crippen molar-refractivity contribution in [1.82, 2.24) is 4.98 Å². The van der Waals surface area contributed by atoms with E-state index in [9.17, 15) is 8.42 Å². The molecule has 0 spiro atoms. The molecule has 20 heavy (non-hydrogen) atoms. The summed E-state index contributed by atoms with van der Waals surface area (Å²) >= 11 is 3.36. The van der Waals surface area contributed by atoms with Crippen LogP contribution < -0.4 is 16.0 Å². The SMILES string of the molecule is Cc1ccc(NS(=O)(=O)c2cnccc2NN)cc1Br. The van der Waals surface area contributed by atoms with Crippen LogP contribution in [0.3, 0.4) is 0 Å². The fourth-order valence-electron chi connectivity index (χ4n) is 1.58. The first-order valence-corrected chi connectivity index (χ1v) is 7.91. The summed E-state index contributed by atoms with van der Waals surface area (Å²) < 4.78 is 27.9. The number of sulfonamides is 1. The summed E-state index contributed by atoms with van der Waals surface area (Å²) in [6.07, 6.45) is 2.69. The number of nitrogens with zero attached hydrogens (tertiary/aromatic N) is 1. The van der Waals surface area contributed by atoms with Crippen LogP contribution in [0.2, 0.25) is 0 Å². The number of nitrogens with two attached hydrogens (primary N) is 1. The average molecular weight is 357 g/mol. The largest absolute Gasteiger partial charge is 0.323 e. The van der Waals surface area contributed by atoms with Crippen LogP contribution in [0.5, 0.6) is 0 Å². The van der Waals surface area contributed by atoms with Crippen molar-refractivity contribution in [2.75, 3.05) is 10.1 Å². The summed E-state index contributed by atoms with van der Waals surface area (Å²) in [7, 11) is -3.76. The molecular formula is C12H13BrN4O2S. The predicted octanol–water partition coefficient (Wildman–Crippen LogP) is 2.24. The molecule has 2 rings (SSSR count). The summed E-state index contributed by atoms with van der Waals surface area (Å²) in [6.45, 7) is 1.92. The summed E-state index contributed by atoms with van der Waals surface area (Å²) in [6, 6.07) is 6.68. The molecule has 0 bridgehead atoms. The first-order chi connectivity index (χ1) is 9.44. The third-order valence-electron chi connectivity index (χ3n) is 2.65. The van der Waals surface area contributed by atoms with Crippen LogP contribution in [0.25, 0.3) is 0 Å². The topological polar surface area (TPSA) is 97.1 Å². The van der Waals surface area contributed by atoms with Crippen molar-refractivity contribution in [3.8, 4) is 0 Å². The smallest absolute Gasteiger partial charge is 0.265 e. The van der Waals surface area contributed by atoms with Gasteiger partial charge in [0.2, 0.25) is 0 Å². The van der Waals surface area contributed by atoms with E-state index in [1.54, 1.807) is 12.1 Å². The van der Waals surface area contributed by atoms with E-state index in [-0.39, 0.29) is 10.6 Å².